The smallest absolute Gasteiger partial charge is 0.226 e. The van der Waals surface area contributed by atoms with Crippen molar-refractivity contribution in [3.63, 3.8) is 0 Å². The highest BCUT2D eigenvalue weighted by Crippen LogP contribution is 2.46. The van der Waals surface area contributed by atoms with Gasteiger partial charge in [-0.05, 0) is 11.6 Å². The second kappa shape index (κ2) is 6.80. The molecule has 0 atom stereocenters. The monoisotopic (exact) mass is 355 g/mol. The molecule has 1 aromatic heterocycles. The Balaban J connectivity index is 1.66. The number of carbonyl (C=O) groups is 2. The van der Waals surface area contributed by atoms with E-state index < -0.39 is 0 Å². The third-order valence-electron chi connectivity index (χ3n) is 4.52. The summed E-state index contributed by atoms with van der Waals surface area (Å²) in [5.41, 5.74) is 3.05. The molecule has 5 nitrogen and oxygen atoms in total. The van der Waals surface area contributed by atoms with E-state index in [1.165, 1.54) is 16.9 Å². The van der Waals surface area contributed by atoms with Crippen molar-refractivity contribution in [2.75, 3.05) is 17.3 Å². The summed E-state index contributed by atoms with van der Waals surface area (Å²) in [5, 5.41) is 5.05. The van der Waals surface area contributed by atoms with Crippen molar-refractivity contribution in [1.82, 2.24) is 4.98 Å². The zero-order valence-electron chi connectivity index (χ0n) is 14.6. The van der Waals surface area contributed by atoms with E-state index in [1.54, 1.807) is 17.7 Å². The van der Waals surface area contributed by atoms with Gasteiger partial charge in [0.1, 0.15) is 0 Å². The van der Waals surface area contributed by atoms with E-state index in [4.69, 9.17) is 0 Å². The molecule has 0 aliphatic carbocycles. The van der Waals surface area contributed by atoms with Crippen LogP contribution in [0, 0.1) is 0 Å². The molecule has 25 heavy (non-hydrogen) atoms. The van der Waals surface area contributed by atoms with Gasteiger partial charge >= 0.3 is 0 Å². The number of aromatic nitrogens is 1. The van der Waals surface area contributed by atoms with Crippen LogP contribution in [0.25, 0.3) is 0 Å². The number of hydrogen-bond donors (Lipinski definition) is 1. The summed E-state index contributed by atoms with van der Waals surface area (Å²) in [4.78, 5) is 30.3. The van der Waals surface area contributed by atoms with E-state index in [-0.39, 0.29) is 29.9 Å². The molecule has 0 bridgehead atoms. The normalized spacial score (nSPS) is 16.8. The molecule has 1 amide bonds. The SMILES string of the molecule is CN1C(=CC(=O)CCC(=O)Nc2nccs2)C(C)(C)c2ccccc21. The Morgan fingerprint density at radius 3 is 2.72 bits per heavy atom. The third-order valence-corrected chi connectivity index (χ3v) is 5.20. The van der Waals surface area contributed by atoms with Crippen molar-refractivity contribution >= 4 is 33.8 Å². The zero-order chi connectivity index (χ0) is 18.0. The Bertz CT molecular complexity index is 825. The summed E-state index contributed by atoms with van der Waals surface area (Å²) in [6.07, 6.45) is 3.64. The molecule has 0 unspecified atom stereocenters. The average molecular weight is 355 g/mol. The predicted octanol–water partition coefficient (Wildman–Crippen LogP) is 3.74. The summed E-state index contributed by atoms with van der Waals surface area (Å²) in [7, 11) is 1.97. The van der Waals surface area contributed by atoms with Gasteiger partial charge in [0.2, 0.25) is 5.91 Å². The lowest BCUT2D eigenvalue weighted by Crippen LogP contribution is -2.24. The average Bonchev–Trinajstić information content (AvgIpc) is 3.15. The molecule has 0 radical (unpaired) electrons. The van der Waals surface area contributed by atoms with E-state index in [9.17, 15) is 9.59 Å². The highest BCUT2D eigenvalue weighted by Gasteiger charge is 2.38. The number of fused-ring (bicyclic) bond motifs is 1. The molecule has 2 heterocycles. The Morgan fingerprint density at radius 2 is 2.04 bits per heavy atom. The molecule has 0 saturated heterocycles. The number of anilines is 2. The largest absolute Gasteiger partial charge is 0.347 e. The number of hydrogen-bond acceptors (Lipinski definition) is 5. The van der Waals surface area contributed by atoms with Gasteiger partial charge in [-0.1, -0.05) is 32.0 Å². The van der Waals surface area contributed by atoms with Gasteiger partial charge in [0, 0.05) is 54.3 Å². The number of amides is 1. The number of likely N-dealkylation sites (N-methyl/N-ethyl adjacent to an activating group) is 1. The van der Waals surface area contributed by atoms with E-state index in [2.05, 4.69) is 41.2 Å². The Hall–Kier alpha value is -2.47. The summed E-state index contributed by atoms with van der Waals surface area (Å²) in [6.45, 7) is 4.23. The van der Waals surface area contributed by atoms with Crippen LogP contribution in [0.15, 0.2) is 47.6 Å². The summed E-state index contributed by atoms with van der Waals surface area (Å²) < 4.78 is 0. The minimum Gasteiger partial charge on any atom is -0.347 e. The molecular weight excluding hydrogens is 334 g/mol. The van der Waals surface area contributed by atoms with Crippen molar-refractivity contribution in [3.8, 4) is 0 Å². The maximum Gasteiger partial charge on any atom is 0.226 e. The summed E-state index contributed by atoms with van der Waals surface area (Å²) >= 11 is 1.36. The van der Waals surface area contributed by atoms with Crippen molar-refractivity contribution in [2.24, 2.45) is 0 Å². The molecule has 3 rings (SSSR count). The predicted molar refractivity (Wildman–Crippen MR) is 101 cm³/mol. The Labute approximate surface area is 151 Å². The molecule has 0 fully saturated rings. The molecule has 6 heteroatoms. The molecule has 1 N–H and O–H groups in total. The topological polar surface area (TPSA) is 62.3 Å². The first-order chi connectivity index (χ1) is 11.9. The van der Waals surface area contributed by atoms with Crippen molar-refractivity contribution in [1.29, 1.82) is 0 Å². The second-order valence-corrected chi connectivity index (χ2v) is 7.48. The molecule has 130 valence electrons. The van der Waals surface area contributed by atoms with E-state index >= 15 is 0 Å². The molecule has 0 saturated carbocycles. The van der Waals surface area contributed by atoms with Gasteiger partial charge in [-0.15, -0.1) is 11.3 Å². The number of para-hydroxylation sites is 1. The number of ketones is 1. The van der Waals surface area contributed by atoms with Crippen LogP contribution in [0.5, 0.6) is 0 Å². The van der Waals surface area contributed by atoms with Gasteiger partial charge in [0.15, 0.2) is 10.9 Å². The first-order valence-electron chi connectivity index (χ1n) is 8.17. The standard InChI is InChI=1S/C19H21N3O2S/c1-19(2)14-6-4-5-7-15(14)22(3)16(19)12-13(23)8-9-17(24)21-18-20-10-11-25-18/h4-7,10-12H,8-9H2,1-3H3,(H,20,21,24). The van der Waals surface area contributed by atoms with Crippen molar-refractivity contribution in [3.05, 3.63) is 53.2 Å². The number of carbonyl (C=O) groups excluding carboxylic acids is 2. The number of nitrogens with zero attached hydrogens (tertiary/aromatic N) is 2. The molecule has 2 aromatic rings. The number of benzene rings is 1. The molecule has 1 aliphatic rings. The highest BCUT2D eigenvalue weighted by molar-refractivity contribution is 7.13. The fourth-order valence-corrected chi connectivity index (χ4v) is 3.73. The summed E-state index contributed by atoms with van der Waals surface area (Å²) in [6, 6.07) is 8.17. The number of thiazole rings is 1. The van der Waals surface area contributed by atoms with Gasteiger partial charge < -0.3 is 10.2 Å². The number of nitrogens with one attached hydrogen (secondary N) is 1. The van der Waals surface area contributed by atoms with Crippen LogP contribution in [-0.2, 0) is 15.0 Å². The maximum absolute atomic E-state index is 12.4. The second-order valence-electron chi connectivity index (χ2n) is 6.58. The lowest BCUT2D eigenvalue weighted by molar-refractivity contribution is -0.120. The fraction of sp³-hybridized carbons (Fsp3) is 0.316. The van der Waals surface area contributed by atoms with E-state index in [0.29, 0.717) is 5.13 Å². The van der Waals surface area contributed by atoms with Crippen molar-refractivity contribution < 1.29 is 9.59 Å². The van der Waals surface area contributed by atoms with Crippen LogP contribution in [0.4, 0.5) is 10.8 Å². The van der Waals surface area contributed by atoms with Gasteiger partial charge in [0.25, 0.3) is 0 Å². The van der Waals surface area contributed by atoms with Crippen LogP contribution in [0.1, 0.15) is 32.3 Å². The summed E-state index contributed by atoms with van der Waals surface area (Å²) in [5.74, 6) is -0.235. The van der Waals surface area contributed by atoms with Gasteiger partial charge in [-0.2, -0.15) is 0 Å². The molecular formula is C19H21N3O2S. The number of allylic oxidation sites excluding steroid dienone is 2. The lowest BCUT2D eigenvalue weighted by Gasteiger charge is -2.23. The number of rotatable bonds is 5. The van der Waals surface area contributed by atoms with Gasteiger partial charge in [-0.25, -0.2) is 4.98 Å². The minimum atomic E-state index is -0.232. The molecule has 0 spiro atoms. The fourth-order valence-electron chi connectivity index (χ4n) is 3.19. The maximum atomic E-state index is 12.4. The van der Waals surface area contributed by atoms with Crippen LogP contribution in [0.2, 0.25) is 0 Å². The van der Waals surface area contributed by atoms with Gasteiger partial charge in [-0.3, -0.25) is 9.59 Å². The lowest BCUT2D eigenvalue weighted by atomic mass is 9.83. The first-order valence-corrected chi connectivity index (χ1v) is 9.05. The Morgan fingerprint density at radius 1 is 1.28 bits per heavy atom. The van der Waals surface area contributed by atoms with E-state index in [1.807, 2.05) is 19.2 Å². The Kier molecular flexibility index (Phi) is 4.72. The van der Waals surface area contributed by atoms with E-state index in [0.717, 1.165) is 11.4 Å². The van der Waals surface area contributed by atoms with Crippen LogP contribution >= 0.6 is 11.3 Å². The highest BCUT2D eigenvalue weighted by atomic mass is 32.1. The van der Waals surface area contributed by atoms with Crippen LogP contribution < -0.4 is 10.2 Å². The first kappa shape index (κ1) is 17.4. The third kappa shape index (κ3) is 3.49. The van der Waals surface area contributed by atoms with Gasteiger partial charge in [0.05, 0.1) is 0 Å². The molecule has 1 aliphatic heterocycles. The van der Waals surface area contributed by atoms with Crippen LogP contribution in [0.3, 0.4) is 0 Å². The quantitative estimate of drug-likeness (QED) is 0.830. The molecule has 1 aromatic carbocycles. The zero-order valence-corrected chi connectivity index (χ0v) is 15.4. The van der Waals surface area contributed by atoms with Crippen LogP contribution in [-0.4, -0.2) is 23.7 Å². The minimum absolute atomic E-state index is 0.0444. The van der Waals surface area contributed by atoms with Crippen molar-refractivity contribution in [2.45, 2.75) is 32.1 Å².